The summed E-state index contributed by atoms with van der Waals surface area (Å²) in [5.41, 5.74) is 9.72. The number of nitrogens with one attached hydrogen (secondary N) is 2. The summed E-state index contributed by atoms with van der Waals surface area (Å²) < 4.78 is 24.6. The number of fused-ring (bicyclic) bond motifs is 1. The second-order valence-electron chi connectivity index (χ2n) is 14.0. The summed E-state index contributed by atoms with van der Waals surface area (Å²) in [7, 11) is 1.45. The SMILES string of the molecule is C[C@@H](C(=O)N[C@@H](Cc1ccc(OCCN=[N+]=[N-])cc1)C(=O)N1CC(C)(C)c2[nH]c(=O)c(Cc3ccc(F)cc3)cc21)N(C)C(=O)OC(C)(C)C. The van der Waals surface area contributed by atoms with Crippen LogP contribution in [0, 0.1) is 5.82 Å². The van der Waals surface area contributed by atoms with Crippen molar-refractivity contribution in [1.29, 1.82) is 0 Å². The Labute approximate surface area is 290 Å². The highest BCUT2D eigenvalue weighted by Crippen LogP contribution is 2.39. The monoisotopic (exact) mass is 689 g/mol. The predicted octanol–water partition coefficient (Wildman–Crippen LogP) is 5.40. The molecule has 2 atom stereocenters. The van der Waals surface area contributed by atoms with Gasteiger partial charge in [0.1, 0.15) is 29.3 Å². The molecule has 4 rings (SSSR count). The van der Waals surface area contributed by atoms with Crippen molar-refractivity contribution in [3.05, 3.63) is 104 Å². The lowest BCUT2D eigenvalue weighted by Gasteiger charge is -2.30. The van der Waals surface area contributed by atoms with Gasteiger partial charge in [0.2, 0.25) is 11.8 Å². The Bertz CT molecular complexity index is 1810. The Morgan fingerprint density at radius 2 is 1.76 bits per heavy atom. The number of amides is 3. The maximum absolute atomic E-state index is 14.5. The van der Waals surface area contributed by atoms with Crippen LogP contribution in [0.2, 0.25) is 0 Å². The van der Waals surface area contributed by atoms with E-state index in [0.717, 1.165) is 11.1 Å². The molecule has 0 unspecified atom stereocenters. The molecular weight excluding hydrogens is 645 g/mol. The van der Waals surface area contributed by atoms with Gasteiger partial charge in [-0.1, -0.05) is 43.2 Å². The number of pyridine rings is 1. The first kappa shape index (κ1) is 37.5. The van der Waals surface area contributed by atoms with Gasteiger partial charge in [-0.05, 0) is 74.7 Å². The Balaban J connectivity index is 1.64. The molecule has 266 valence electrons. The van der Waals surface area contributed by atoms with Gasteiger partial charge in [-0.15, -0.1) is 0 Å². The van der Waals surface area contributed by atoms with Gasteiger partial charge < -0.3 is 24.7 Å². The molecule has 0 saturated carbocycles. The standard InChI is InChI=1S/C36H44FN7O6/c1-22(43(7)34(48)50-35(2,3)4)31(45)40-28(19-24-10-14-27(15-11-24)49-17-16-39-42-38)33(47)44-21-36(5,6)30-29(44)20-25(32(46)41-30)18-23-8-12-26(37)13-9-23/h8-15,20,22,28H,16-19,21H2,1-7H3,(H,40,45)(H,41,46)/t22-,28-/m0/s1. The van der Waals surface area contributed by atoms with Crippen LogP contribution in [0.15, 0.2) is 64.5 Å². The number of ether oxygens (including phenoxy) is 2. The summed E-state index contributed by atoms with van der Waals surface area (Å²) in [6, 6.07) is 12.5. The van der Waals surface area contributed by atoms with Crippen LogP contribution in [0.4, 0.5) is 14.9 Å². The zero-order valence-corrected chi connectivity index (χ0v) is 29.4. The Morgan fingerprint density at radius 1 is 1.12 bits per heavy atom. The number of benzene rings is 2. The zero-order chi connectivity index (χ0) is 36.8. The summed E-state index contributed by atoms with van der Waals surface area (Å²) in [5, 5.41) is 6.32. The van der Waals surface area contributed by atoms with Gasteiger partial charge in [-0.25, -0.2) is 9.18 Å². The van der Waals surface area contributed by atoms with Gasteiger partial charge >= 0.3 is 6.09 Å². The zero-order valence-electron chi connectivity index (χ0n) is 29.4. The number of carbonyl (C=O) groups is 3. The number of rotatable bonds is 12. The molecule has 2 heterocycles. The van der Waals surface area contributed by atoms with Crippen molar-refractivity contribution in [3.8, 4) is 5.75 Å². The number of anilines is 1. The van der Waals surface area contributed by atoms with E-state index >= 15 is 0 Å². The molecule has 0 aliphatic carbocycles. The number of hydrogen-bond donors (Lipinski definition) is 2. The summed E-state index contributed by atoms with van der Waals surface area (Å²) >= 11 is 0. The third-order valence-electron chi connectivity index (χ3n) is 8.34. The van der Waals surface area contributed by atoms with Gasteiger partial charge in [-0.3, -0.25) is 19.3 Å². The predicted molar refractivity (Wildman–Crippen MR) is 187 cm³/mol. The molecule has 0 radical (unpaired) electrons. The quantitative estimate of drug-likeness (QED) is 0.112. The fourth-order valence-electron chi connectivity index (χ4n) is 5.55. The largest absolute Gasteiger partial charge is 0.493 e. The molecule has 0 bridgehead atoms. The first-order valence-corrected chi connectivity index (χ1v) is 16.3. The number of azide groups is 1. The van der Waals surface area contributed by atoms with Crippen LogP contribution in [0.5, 0.6) is 5.75 Å². The van der Waals surface area contributed by atoms with E-state index < -0.39 is 41.0 Å². The fourth-order valence-corrected chi connectivity index (χ4v) is 5.55. The lowest BCUT2D eigenvalue weighted by molar-refractivity contribution is -0.130. The van der Waals surface area contributed by atoms with Crippen molar-refractivity contribution >= 4 is 23.6 Å². The van der Waals surface area contributed by atoms with E-state index in [4.69, 9.17) is 15.0 Å². The van der Waals surface area contributed by atoms with Crippen LogP contribution in [0.25, 0.3) is 10.4 Å². The molecule has 1 aliphatic rings. The van der Waals surface area contributed by atoms with Crippen LogP contribution in [0.1, 0.15) is 63.9 Å². The minimum atomic E-state index is -1.07. The van der Waals surface area contributed by atoms with E-state index in [1.165, 1.54) is 24.1 Å². The van der Waals surface area contributed by atoms with E-state index in [1.54, 1.807) is 75.1 Å². The number of H-pyrrole nitrogens is 1. The molecule has 0 saturated heterocycles. The number of hydrogen-bond acceptors (Lipinski definition) is 7. The van der Waals surface area contributed by atoms with Crippen LogP contribution >= 0.6 is 0 Å². The van der Waals surface area contributed by atoms with Crippen LogP contribution in [-0.2, 0) is 32.6 Å². The van der Waals surface area contributed by atoms with E-state index in [1.807, 2.05) is 13.8 Å². The molecule has 1 aliphatic heterocycles. The maximum atomic E-state index is 14.5. The van der Waals surface area contributed by atoms with Crippen molar-refractivity contribution in [3.63, 3.8) is 0 Å². The molecule has 13 nitrogen and oxygen atoms in total. The maximum Gasteiger partial charge on any atom is 0.410 e. The molecule has 50 heavy (non-hydrogen) atoms. The minimum Gasteiger partial charge on any atom is -0.493 e. The van der Waals surface area contributed by atoms with Crippen LogP contribution in [-0.4, -0.2) is 72.2 Å². The third kappa shape index (κ3) is 9.41. The van der Waals surface area contributed by atoms with Gasteiger partial charge in [0.25, 0.3) is 5.56 Å². The van der Waals surface area contributed by atoms with Crippen molar-refractivity contribution in [1.82, 2.24) is 15.2 Å². The molecule has 2 N–H and O–H groups in total. The second kappa shape index (κ2) is 15.5. The van der Waals surface area contributed by atoms with E-state index in [0.29, 0.717) is 22.7 Å². The highest BCUT2D eigenvalue weighted by molar-refractivity contribution is 6.02. The number of aromatic nitrogens is 1. The normalized spacial score (nSPS) is 14.5. The van der Waals surface area contributed by atoms with E-state index in [2.05, 4.69) is 20.3 Å². The number of halogens is 1. The smallest absolute Gasteiger partial charge is 0.410 e. The second-order valence-corrected chi connectivity index (χ2v) is 14.0. The number of aromatic amines is 1. The van der Waals surface area contributed by atoms with Crippen molar-refractivity contribution in [2.24, 2.45) is 5.11 Å². The first-order chi connectivity index (χ1) is 23.5. The number of carbonyl (C=O) groups excluding carboxylic acids is 3. The van der Waals surface area contributed by atoms with Gasteiger partial charge in [0.15, 0.2) is 0 Å². The number of nitrogens with zero attached hydrogens (tertiary/aromatic N) is 5. The first-order valence-electron chi connectivity index (χ1n) is 16.3. The molecule has 0 spiro atoms. The summed E-state index contributed by atoms with van der Waals surface area (Å²) in [6.45, 7) is 11.1. The molecule has 3 aromatic rings. The topological polar surface area (TPSA) is 170 Å². The third-order valence-corrected chi connectivity index (χ3v) is 8.34. The van der Waals surface area contributed by atoms with E-state index in [9.17, 15) is 23.6 Å². The highest BCUT2D eigenvalue weighted by atomic mass is 19.1. The molecular formula is C36H44FN7O6. The van der Waals surface area contributed by atoms with Crippen molar-refractivity contribution in [2.45, 2.75) is 77.5 Å². The molecule has 2 aromatic carbocycles. The Hall–Kier alpha value is -5.36. The van der Waals surface area contributed by atoms with Gasteiger partial charge in [-0.2, -0.15) is 0 Å². The number of likely N-dealkylation sites (N-methyl/N-ethyl adjacent to an activating group) is 1. The Morgan fingerprint density at radius 3 is 2.38 bits per heavy atom. The molecule has 0 fully saturated rings. The molecule has 14 heteroatoms. The van der Waals surface area contributed by atoms with Crippen LogP contribution in [0.3, 0.4) is 0 Å². The summed E-state index contributed by atoms with van der Waals surface area (Å²) in [4.78, 5) is 62.5. The van der Waals surface area contributed by atoms with Crippen LogP contribution < -0.4 is 20.5 Å². The molecule has 3 amide bonds. The Kier molecular flexibility index (Phi) is 11.6. The van der Waals surface area contributed by atoms with Gasteiger partial charge in [0, 0.05) is 48.0 Å². The van der Waals surface area contributed by atoms with Gasteiger partial charge in [0.05, 0.1) is 18.8 Å². The lowest BCUT2D eigenvalue weighted by Crippen LogP contribution is -2.55. The highest BCUT2D eigenvalue weighted by Gasteiger charge is 2.42. The average molecular weight is 690 g/mol. The fraction of sp³-hybridized carbons (Fsp3) is 0.444. The summed E-state index contributed by atoms with van der Waals surface area (Å²) in [6.07, 6.45) is -0.367. The minimum absolute atomic E-state index is 0.102. The molecule has 1 aromatic heterocycles. The summed E-state index contributed by atoms with van der Waals surface area (Å²) in [5.74, 6) is -0.824. The van der Waals surface area contributed by atoms with E-state index in [-0.39, 0.29) is 43.9 Å². The lowest BCUT2D eigenvalue weighted by atomic mass is 9.91. The van der Waals surface area contributed by atoms with Crippen molar-refractivity contribution < 1.29 is 28.2 Å². The van der Waals surface area contributed by atoms with Crippen molar-refractivity contribution in [2.75, 3.05) is 31.6 Å². The average Bonchev–Trinajstić information content (AvgIpc) is 3.31.